The molecule has 1 saturated heterocycles. The number of nitrogens with one attached hydrogen (secondary N) is 1. The van der Waals surface area contributed by atoms with Gasteiger partial charge in [-0.2, -0.15) is 5.10 Å². The van der Waals surface area contributed by atoms with Crippen LogP contribution in [0.25, 0.3) is 0 Å². The zero-order valence-electron chi connectivity index (χ0n) is 11.5. The van der Waals surface area contributed by atoms with Crippen LogP contribution in [0.2, 0.25) is 5.02 Å². The van der Waals surface area contributed by atoms with Gasteiger partial charge in [0.25, 0.3) is 5.56 Å². The lowest BCUT2D eigenvalue weighted by Crippen LogP contribution is -2.29. The molecule has 1 aliphatic heterocycles. The normalized spacial score (nSPS) is 20.1. The molecule has 0 unspecified atom stereocenters. The van der Waals surface area contributed by atoms with E-state index in [1.807, 2.05) is 0 Å². The maximum Gasteiger partial charge on any atom is 0.291 e. The third kappa shape index (κ3) is 3.33. The number of hydrogen-bond donors (Lipinski definition) is 1. The average molecular weight is 298 g/mol. The third-order valence-electron chi connectivity index (χ3n) is 4.03. The minimum atomic E-state index is -0.101. The van der Waals surface area contributed by atoms with E-state index in [-0.39, 0.29) is 5.56 Å². The zero-order valence-corrected chi connectivity index (χ0v) is 12.2. The molecule has 20 heavy (non-hydrogen) atoms. The van der Waals surface area contributed by atoms with Gasteiger partial charge in [-0.15, -0.1) is 0 Å². The molecule has 1 saturated carbocycles. The first-order chi connectivity index (χ1) is 9.74. The van der Waals surface area contributed by atoms with E-state index in [1.54, 1.807) is 6.20 Å². The Bertz CT molecular complexity index is 522. The van der Waals surface area contributed by atoms with Crippen molar-refractivity contribution in [1.29, 1.82) is 0 Å². The van der Waals surface area contributed by atoms with Crippen LogP contribution in [0.3, 0.4) is 0 Å². The molecule has 0 radical (unpaired) electrons. The van der Waals surface area contributed by atoms with Gasteiger partial charge in [0.05, 0.1) is 11.2 Å². The van der Waals surface area contributed by atoms with Gasteiger partial charge < -0.3 is 10.1 Å². The lowest BCUT2D eigenvalue weighted by atomic mass is 10.0. The summed E-state index contributed by atoms with van der Waals surface area (Å²) in [6.07, 6.45) is 6.03. The van der Waals surface area contributed by atoms with E-state index in [9.17, 15) is 4.79 Å². The van der Waals surface area contributed by atoms with E-state index in [0.717, 1.165) is 32.6 Å². The summed E-state index contributed by atoms with van der Waals surface area (Å²) in [6.45, 7) is 3.10. The Morgan fingerprint density at radius 3 is 2.75 bits per heavy atom. The Kier molecular flexibility index (Phi) is 4.27. The summed E-state index contributed by atoms with van der Waals surface area (Å²) >= 11 is 6.11. The summed E-state index contributed by atoms with van der Waals surface area (Å²) in [5.41, 5.74) is 0.394. The highest BCUT2D eigenvalue weighted by molar-refractivity contribution is 6.32. The van der Waals surface area contributed by atoms with Crippen molar-refractivity contribution in [2.75, 3.05) is 25.1 Å². The predicted octanol–water partition coefficient (Wildman–Crippen LogP) is 2.15. The maximum absolute atomic E-state index is 12.4. The van der Waals surface area contributed by atoms with E-state index < -0.39 is 0 Å². The molecule has 1 aromatic heterocycles. The number of nitrogens with zero attached hydrogens (tertiary/aromatic N) is 2. The summed E-state index contributed by atoms with van der Waals surface area (Å²) in [6, 6.07) is 0. The molecule has 2 heterocycles. The van der Waals surface area contributed by atoms with Crippen molar-refractivity contribution >= 4 is 17.3 Å². The third-order valence-corrected chi connectivity index (χ3v) is 4.32. The monoisotopic (exact) mass is 297 g/mol. The molecular formula is C14H20ClN3O2. The molecule has 6 heteroatoms. The van der Waals surface area contributed by atoms with E-state index in [1.165, 1.54) is 17.5 Å². The molecule has 5 nitrogen and oxygen atoms in total. The van der Waals surface area contributed by atoms with Crippen molar-refractivity contribution in [2.45, 2.75) is 32.2 Å². The van der Waals surface area contributed by atoms with Crippen LogP contribution in [-0.2, 0) is 11.3 Å². The topological polar surface area (TPSA) is 56.1 Å². The number of hydrogen-bond acceptors (Lipinski definition) is 4. The summed E-state index contributed by atoms with van der Waals surface area (Å²) < 4.78 is 6.88. The minimum Gasteiger partial charge on any atom is -0.381 e. The van der Waals surface area contributed by atoms with Crippen LogP contribution in [0.5, 0.6) is 0 Å². The number of anilines is 1. The largest absolute Gasteiger partial charge is 0.381 e. The Labute approximate surface area is 123 Å². The SMILES string of the molecule is O=c1c(NCC2CCOCC2)c(Cl)cnn1CC1CC1. The van der Waals surface area contributed by atoms with Gasteiger partial charge in [-0.3, -0.25) is 4.79 Å². The first-order valence-electron chi connectivity index (χ1n) is 7.31. The van der Waals surface area contributed by atoms with Gasteiger partial charge in [0.2, 0.25) is 0 Å². The quantitative estimate of drug-likeness (QED) is 0.905. The summed E-state index contributed by atoms with van der Waals surface area (Å²) in [5.74, 6) is 1.16. The van der Waals surface area contributed by atoms with Crippen LogP contribution in [0.4, 0.5) is 5.69 Å². The molecule has 0 atom stereocenters. The van der Waals surface area contributed by atoms with Gasteiger partial charge in [0.15, 0.2) is 0 Å². The summed E-state index contributed by atoms with van der Waals surface area (Å²) in [5, 5.41) is 7.76. The van der Waals surface area contributed by atoms with Crippen LogP contribution in [-0.4, -0.2) is 29.5 Å². The average Bonchev–Trinajstić information content (AvgIpc) is 3.27. The summed E-state index contributed by atoms with van der Waals surface area (Å²) in [4.78, 5) is 12.4. The molecule has 0 aromatic carbocycles. The number of aromatic nitrogens is 2. The fourth-order valence-corrected chi connectivity index (χ4v) is 2.69. The second-order valence-electron chi connectivity index (χ2n) is 5.73. The fraction of sp³-hybridized carbons (Fsp3) is 0.714. The molecule has 0 bridgehead atoms. The van der Waals surface area contributed by atoms with Crippen LogP contribution in [0, 0.1) is 11.8 Å². The van der Waals surface area contributed by atoms with Crippen molar-refractivity contribution in [1.82, 2.24) is 9.78 Å². The van der Waals surface area contributed by atoms with E-state index >= 15 is 0 Å². The highest BCUT2D eigenvalue weighted by Crippen LogP contribution is 2.30. The van der Waals surface area contributed by atoms with Gasteiger partial charge in [-0.05, 0) is 37.5 Å². The first kappa shape index (κ1) is 13.9. The van der Waals surface area contributed by atoms with Gasteiger partial charge in [-0.25, -0.2) is 4.68 Å². The molecule has 110 valence electrons. The van der Waals surface area contributed by atoms with Gasteiger partial charge in [-0.1, -0.05) is 11.6 Å². The zero-order chi connectivity index (χ0) is 13.9. The van der Waals surface area contributed by atoms with E-state index in [0.29, 0.717) is 29.1 Å². The van der Waals surface area contributed by atoms with Gasteiger partial charge in [0, 0.05) is 26.3 Å². The Morgan fingerprint density at radius 1 is 1.30 bits per heavy atom. The molecule has 1 aliphatic carbocycles. The molecule has 2 aliphatic rings. The second kappa shape index (κ2) is 6.14. The van der Waals surface area contributed by atoms with Crippen molar-refractivity contribution < 1.29 is 4.74 Å². The van der Waals surface area contributed by atoms with Crippen molar-refractivity contribution in [3.8, 4) is 0 Å². The Balaban J connectivity index is 1.68. The second-order valence-corrected chi connectivity index (χ2v) is 6.14. The fourth-order valence-electron chi connectivity index (χ4n) is 2.50. The van der Waals surface area contributed by atoms with Crippen molar-refractivity contribution in [3.63, 3.8) is 0 Å². The van der Waals surface area contributed by atoms with Crippen LogP contribution in [0.15, 0.2) is 11.0 Å². The lowest BCUT2D eigenvalue weighted by Gasteiger charge is -2.22. The molecule has 1 N–H and O–H groups in total. The number of rotatable bonds is 5. The summed E-state index contributed by atoms with van der Waals surface area (Å²) in [7, 11) is 0. The minimum absolute atomic E-state index is 0.101. The molecule has 1 aromatic rings. The van der Waals surface area contributed by atoms with Crippen LogP contribution < -0.4 is 10.9 Å². The molecule has 0 spiro atoms. The highest BCUT2D eigenvalue weighted by Gasteiger charge is 2.24. The lowest BCUT2D eigenvalue weighted by molar-refractivity contribution is 0.0699. The Hall–Kier alpha value is -1.07. The van der Waals surface area contributed by atoms with Gasteiger partial charge >= 0.3 is 0 Å². The standard InChI is InChI=1S/C14H20ClN3O2/c15-12-8-17-18(9-11-1-2-11)14(19)13(12)16-7-10-3-5-20-6-4-10/h8,10-11,16H,1-7,9H2. The highest BCUT2D eigenvalue weighted by atomic mass is 35.5. The molecule has 0 amide bonds. The molecule has 2 fully saturated rings. The molecule has 3 rings (SSSR count). The van der Waals surface area contributed by atoms with Crippen LogP contribution >= 0.6 is 11.6 Å². The van der Waals surface area contributed by atoms with Crippen molar-refractivity contribution in [2.24, 2.45) is 11.8 Å². The maximum atomic E-state index is 12.4. The predicted molar refractivity (Wildman–Crippen MR) is 78.3 cm³/mol. The first-order valence-corrected chi connectivity index (χ1v) is 7.69. The van der Waals surface area contributed by atoms with Crippen molar-refractivity contribution in [3.05, 3.63) is 21.6 Å². The van der Waals surface area contributed by atoms with Crippen LogP contribution in [0.1, 0.15) is 25.7 Å². The number of ether oxygens (including phenoxy) is 1. The van der Waals surface area contributed by atoms with E-state index in [4.69, 9.17) is 16.3 Å². The Morgan fingerprint density at radius 2 is 2.05 bits per heavy atom. The van der Waals surface area contributed by atoms with Gasteiger partial charge in [0.1, 0.15) is 5.69 Å². The van der Waals surface area contributed by atoms with E-state index in [2.05, 4.69) is 10.4 Å². The number of halogens is 1. The molecular weight excluding hydrogens is 278 g/mol. The smallest absolute Gasteiger partial charge is 0.291 e.